The van der Waals surface area contributed by atoms with Crippen molar-refractivity contribution in [2.24, 2.45) is 0 Å². The highest BCUT2D eigenvalue weighted by molar-refractivity contribution is 7.80. The number of hydrogen-bond acceptors (Lipinski definition) is 12. The molecule has 0 bridgehead atoms. The van der Waals surface area contributed by atoms with Gasteiger partial charge >= 0.3 is 25.9 Å². The summed E-state index contributed by atoms with van der Waals surface area (Å²) in [5.41, 5.74) is 0. The molecule has 14 nitrogen and oxygen atoms in total. The van der Waals surface area contributed by atoms with Gasteiger partial charge in [-0.2, -0.15) is 12.6 Å². The van der Waals surface area contributed by atoms with E-state index >= 15 is 0 Å². The molecule has 0 saturated heterocycles. The highest BCUT2D eigenvalue weighted by atomic mass is 32.1. The summed E-state index contributed by atoms with van der Waals surface area (Å²) in [6.45, 7) is 3.20. The first-order chi connectivity index (χ1) is 30.1. The molecule has 0 aromatic rings. The van der Waals surface area contributed by atoms with Gasteiger partial charge in [-0.25, -0.2) is 9.36 Å². The predicted octanol–water partition coefficient (Wildman–Crippen LogP) is 12.4. The topological polar surface area (TPSA) is 211 Å². The van der Waals surface area contributed by atoms with E-state index in [-0.39, 0.29) is 64.2 Å². The van der Waals surface area contributed by atoms with E-state index in [0.29, 0.717) is 18.6 Å². The van der Waals surface area contributed by atoms with Gasteiger partial charge < -0.3 is 35.9 Å². The summed E-state index contributed by atoms with van der Waals surface area (Å²) in [6.07, 6.45) is 35.4. The molecule has 0 rings (SSSR count). The number of rotatable bonds is 47. The van der Waals surface area contributed by atoms with Crippen molar-refractivity contribution >= 4 is 44.4 Å². The fourth-order valence-electron chi connectivity index (χ4n) is 7.00. The standard InChI is InChI=1S/C47H91N2O11PS.H3N/c1-3-5-7-9-11-13-15-17-19-21-23-25-27-29-31-33-45(51)57-41-43(42-59-61(54,55)58-39-37-49-47(53)56-38-36-48-44(50)35-40-62)60-46(52)34-32-30-28-26-24-22-20-18-16-14-12-10-8-6-4-2;/h43,62H,3-42H2,1-2H3,(H,48,50)(H,49,53)(H,54,55);1H3/t43-;/m1./s1. The van der Waals surface area contributed by atoms with Gasteiger partial charge in [0.25, 0.3) is 0 Å². The van der Waals surface area contributed by atoms with Gasteiger partial charge in [-0.05, 0) is 18.6 Å². The maximum atomic E-state index is 12.8. The fourth-order valence-corrected chi connectivity index (χ4v) is 7.96. The lowest BCUT2D eigenvalue weighted by Crippen LogP contribution is -2.32. The first kappa shape index (κ1) is 63.2. The van der Waals surface area contributed by atoms with Crippen LogP contribution in [-0.2, 0) is 42.2 Å². The summed E-state index contributed by atoms with van der Waals surface area (Å²) in [4.78, 5) is 58.8. The van der Waals surface area contributed by atoms with E-state index in [4.69, 9.17) is 23.3 Å². The van der Waals surface area contributed by atoms with Crippen LogP contribution in [-0.4, -0.2) is 80.2 Å². The van der Waals surface area contributed by atoms with E-state index in [2.05, 4.69) is 37.1 Å². The Labute approximate surface area is 388 Å². The molecule has 2 atom stereocenters. The molecule has 0 aliphatic carbocycles. The molecule has 0 aromatic heterocycles. The lowest BCUT2D eigenvalue weighted by atomic mass is 10.0. The van der Waals surface area contributed by atoms with E-state index in [0.717, 1.165) is 38.5 Å². The normalized spacial score (nSPS) is 12.5. The molecule has 0 heterocycles. The number of esters is 2. The SMILES string of the molecule is CCCCCCCCCCCCCCCCCC(=O)OC[C@H](COP(=O)(O)OCCNC(=O)OCCNC(=O)CCS)OC(=O)CCCCCCCCCCCCCCCCC.N. The highest BCUT2D eigenvalue weighted by Gasteiger charge is 2.26. The molecule has 0 radical (unpaired) electrons. The zero-order valence-electron chi connectivity index (χ0n) is 40.0. The van der Waals surface area contributed by atoms with E-state index in [9.17, 15) is 28.6 Å². The number of amides is 2. The Morgan fingerprint density at radius 3 is 1.33 bits per heavy atom. The summed E-state index contributed by atoms with van der Waals surface area (Å²) in [6, 6.07) is 0. The van der Waals surface area contributed by atoms with Crippen molar-refractivity contribution < 1.29 is 51.9 Å². The van der Waals surface area contributed by atoms with Crippen LogP contribution in [0.15, 0.2) is 0 Å². The number of ether oxygens (including phenoxy) is 3. The Balaban J connectivity index is 0. The van der Waals surface area contributed by atoms with E-state index in [1.54, 1.807) is 0 Å². The van der Waals surface area contributed by atoms with E-state index < -0.39 is 38.6 Å². The van der Waals surface area contributed by atoms with Crippen LogP contribution in [0, 0.1) is 0 Å². The van der Waals surface area contributed by atoms with Crippen LogP contribution in [0.1, 0.15) is 226 Å². The number of carbonyl (C=O) groups excluding carboxylic acids is 4. The minimum Gasteiger partial charge on any atom is -0.462 e. The molecule has 0 spiro atoms. The monoisotopic (exact) mass is 940 g/mol. The third-order valence-corrected chi connectivity index (χ3v) is 12.0. The highest BCUT2D eigenvalue weighted by Crippen LogP contribution is 2.43. The summed E-state index contributed by atoms with van der Waals surface area (Å²) < 4.78 is 38.5. The molecular weight excluding hydrogens is 846 g/mol. The van der Waals surface area contributed by atoms with Gasteiger partial charge in [0.1, 0.15) is 13.2 Å². The van der Waals surface area contributed by atoms with Crippen LogP contribution in [0.2, 0.25) is 0 Å². The first-order valence-electron chi connectivity index (χ1n) is 24.9. The van der Waals surface area contributed by atoms with Crippen molar-refractivity contribution in [1.29, 1.82) is 0 Å². The first-order valence-corrected chi connectivity index (χ1v) is 27.0. The second kappa shape index (κ2) is 48.0. The third kappa shape index (κ3) is 47.9. The zero-order valence-corrected chi connectivity index (χ0v) is 41.8. The lowest BCUT2D eigenvalue weighted by molar-refractivity contribution is -0.161. The summed E-state index contributed by atoms with van der Waals surface area (Å²) in [5.74, 6) is -0.722. The van der Waals surface area contributed by atoms with Crippen LogP contribution in [0.25, 0.3) is 0 Å². The molecule has 0 aliphatic rings. The number of carbonyl (C=O) groups is 4. The van der Waals surface area contributed by atoms with Crippen molar-refractivity contribution in [3.63, 3.8) is 0 Å². The van der Waals surface area contributed by atoms with Gasteiger partial charge in [-0.15, -0.1) is 0 Å². The molecule has 1 unspecified atom stereocenters. The summed E-state index contributed by atoms with van der Waals surface area (Å²) in [7, 11) is -4.62. The van der Waals surface area contributed by atoms with E-state index in [1.807, 2.05) is 0 Å². The maximum absolute atomic E-state index is 12.8. The molecular formula is C47H94N3O11PS. The Bertz CT molecular complexity index is 1120. The lowest BCUT2D eigenvalue weighted by Gasteiger charge is -2.20. The number of phosphoric ester groups is 1. The van der Waals surface area contributed by atoms with Crippen LogP contribution in [0.4, 0.5) is 4.79 Å². The van der Waals surface area contributed by atoms with Crippen molar-refractivity contribution in [3.8, 4) is 0 Å². The van der Waals surface area contributed by atoms with Gasteiger partial charge in [0, 0.05) is 25.8 Å². The Morgan fingerprint density at radius 2 is 0.905 bits per heavy atom. The van der Waals surface area contributed by atoms with Crippen LogP contribution >= 0.6 is 20.5 Å². The van der Waals surface area contributed by atoms with E-state index in [1.165, 1.54) is 141 Å². The summed E-state index contributed by atoms with van der Waals surface area (Å²) >= 11 is 3.98. The second-order valence-electron chi connectivity index (χ2n) is 16.7. The largest absolute Gasteiger partial charge is 0.472 e. The number of phosphoric acid groups is 1. The molecule has 63 heavy (non-hydrogen) atoms. The molecule has 0 fully saturated rings. The zero-order chi connectivity index (χ0) is 45.6. The number of alkyl carbamates (subject to hydrolysis) is 1. The molecule has 0 aliphatic heterocycles. The summed E-state index contributed by atoms with van der Waals surface area (Å²) in [5, 5.41) is 4.94. The molecule has 0 saturated carbocycles. The molecule has 6 N–H and O–H groups in total. The van der Waals surface area contributed by atoms with Crippen molar-refractivity contribution in [3.05, 3.63) is 0 Å². The average molecular weight is 940 g/mol. The third-order valence-electron chi connectivity index (χ3n) is 10.7. The maximum Gasteiger partial charge on any atom is 0.472 e. The van der Waals surface area contributed by atoms with Crippen molar-refractivity contribution in [1.82, 2.24) is 16.8 Å². The number of thiol groups is 1. The van der Waals surface area contributed by atoms with Crippen LogP contribution < -0.4 is 16.8 Å². The number of nitrogens with one attached hydrogen (secondary N) is 2. The van der Waals surface area contributed by atoms with Crippen molar-refractivity contribution in [2.45, 2.75) is 232 Å². The number of hydrogen-bond donors (Lipinski definition) is 5. The fraction of sp³-hybridized carbons (Fsp3) is 0.915. The van der Waals surface area contributed by atoms with Gasteiger partial charge in [0.15, 0.2) is 6.10 Å². The molecule has 374 valence electrons. The predicted molar refractivity (Wildman–Crippen MR) is 258 cm³/mol. The minimum atomic E-state index is -4.62. The van der Waals surface area contributed by atoms with Gasteiger partial charge in [0.05, 0.1) is 19.8 Å². The van der Waals surface area contributed by atoms with Gasteiger partial charge in [-0.3, -0.25) is 23.4 Å². The van der Waals surface area contributed by atoms with Crippen LogP contribution in [0.3, 0.4) is 0 Å². The van der Waals surface area contributed by atoms with Gasteiger partial charge in [-0.1, -0.05) is 194 Å². The quantitative estimate of drug-likeness (QED) is 0.0127. The van der Waals surface area contributed by atoms with Crippen LogP contribution in [0.5, 0.6) is 0 Å². The second-order valence-corrected chi connectivity index (χ2v) is 18.6. The Hall–Kier alpha value is -1.90. The Kier molecular flexibility index (Phi) is 48.2. The Morgan fingerprint density at radius 1 is 0.508 bits per heavy atom. The average Bonchev–Trinajstić information content (AvgIpc) is 3.25. The number of unbranched alkanes of at least 4 members (excludes halogenated alkanes) is 28. The minimum absolute atomic E-state index is 0. The molecule has 0 aromatic carbocycles. The smallest absolute Gasteiger partial charge is 0.462 e. The van der Waals surface area contributed by atoms with Crippen molar-refractivity contribution in [2.75, 3.05) is 45.3 Å². The van der Waals surface area contributed by atoms with Gasteiger partial charge in [0.2, 0.25) is 5.91 Å². The molecule has 2 amide bonds. The molecule has 16 heteroatoms.